The third kappa shape index (κ3) is 3.64. The van der Waals surface area contributed by atoms with Crippen molar-refractivity contribution in [1.82, 2.24) is 16.1 Å². The van der Waals surface area contributed by atoms with Crippen molar-refractivity contribution in [2.24, 2.45) is 17.0 Å². The van der Waals surface area contributed by atoms with Crippen LogP contribution in [0.1, 0.15) is 26.7 Å². The van der Waals surface area contributed by atoms with Gasteiger partial charge in [-0.2, -0.15) is 0 Å². The molecule has 0 bridgehead atoms. The molecule has 7 N–H and O–H groups in total. The van der Waals surface area contributed by atoms with Gasteiger partial charge in [-0.25, -0.2) is 10.6 Å². The van der Waals surface area contributed by atoms with E-state index < -0.39 is 23.3 Å². The Hall–Kier alpha value is -1.74. The number of thiocarbonyl (C=S) groups is 1. The van der Waals surface area contributed by atoms with Crippen LogP contribution >= 0.6 is 12.2 Å². The summed E-state index contributed by atoms with van der Waals surface area (Å²) in [5.41, 5.74) is 5.76. The molecule has 8 nitrogen and oxygen atoms in total. The second kappa shape index (κ2) is 6.87. The van der Waals surface area contributed by atoms with E-state index in [-0.39, 0.29) is 5.11 Å². The maximum absolute atomic E-state index is 11.4. The van der Waals surface area contributed by atoms with Gasteiger partial charge in [0.2, 0.25) is 11.8 Å². The number of carbonyl (C=O) groups is 3. The standard InChI is InChI=1S/C8H12N2O3.CH5N3S/c1-3-8(4-2)5(11)9-7(13)10-6(8)12;2-1(5)4-3/h3-4H2,1-2H3,(H2,9,10,11,12,13);3H2,(H3,2,4,5). The molecule has 0 spiro atoms. The van der Waals surface area contributed by atoms with Crippen molar-refractivity contribution >= 4 is 35.2 Å². The molecule has 1 aliphatic heterocycles. The van der Waals surface area contributed by atoms with Gasteiger partial charge in [0.25, 0.3) is 0 Å². The highest BCUT2D eigenvalue weighted by atomic mass is 32.1. The Morgan fingerprint density at radius 1 is 1.22 bits per heavy atom. The second-order valence-corrected chi connectivity index (χ2v) is 3.98. The molecule has 18 heavy (non-hydrogen) atoms. The van der Waals surface area contributed by atoms with Crippen LogP contribution in [-0.4, -0.2) is 23.0 Å². The molecule has 0 aliphatic carbocycles. The van der Waals surface area contributed by atoms with Gasteiger partial charge in [-0.1, -0.05) is 13.8 Å². The number of hydrogen-bond donors (Lipinski definition) is 5. The van der Waals surface area contributed by atoms with E-state index in [1.54, 1.807) is 13.8 Å². The SMILES string of the molecule is CCC1(CC)C(=O)NC(=O)NC1=O.NNC(N)=S. The third-order valence-corrected chi connectivity index (χ3v) is 2.79. The minimum Gasteiger partial charge on any atom is -0.375 e. The fourth-order valence-electron chi connectivity index (χ4n) is 1.47. The first kappa shape index (κ1) is 16.3. The summed E-state index contributed by atoms with van der Waals surface area (Å²) in [7, 11) is 0. The first-order valence-electron chi connectivity index (χ1n) is 5.27. The average molecular weight is 275 g/mol. The largest absolute Gasteiger partial charge is 0.375 e. The highest BCUT2D eigenvalue weighted by Gasteiger charge is 2.47. The van der Waals surface area contributed by atoms with Crippen LogP contribution in [0.15, 0.2) is 0 Å². The molecule has 1 heterocycles. The number of urea groups is 1. The van der Waals surface area contributed by atoms with Crippen LogP contribution in [0.5, 0.6) is 0 Å². The Kier molecular flexibility index (Phi) is 6.20. The molecule has 1 rings (SSSR count). The smallest absolute Gasteiger partial charge is 0.328 e. The quantitative estimate of drug-likeness (QED) is 0.185. The average Bonchev–Trinajstić information content (AvgIpc) is 2.30. The predicted molar refractivity (Wildman–Crippen MR) is 68.8 cm³/mol. The first-order chi connectivity index (χ1) is 8.33. The van der Waals surface area contributed by atoms with Crippen LogP contribution in [0.25, 0.3) is 0 Å². The van der Waals surface area contributed by atoms with Crippen molar-refractivity contribution in [3.05, 3.63) is 0 Å². The van der Waals surface area contributed by atoms with Crippen LogP contribution in [0.3, 0.4) is 0 Å². The summed E-state index contributed by atoms with van der Waals surface area (Å²) in [6.07, 6.45) is 0.795. The number of carbonyl (C=O) groups excluding carboxylic acids is 3. The molecule has 0 saturated carbocycles. The Morgan fingerprint density at radius 2 is 1.56 bits per heavy atom. The Bertz CT molecular complexity index is 345. The molecule has 102 valence electrons. The van der Waals surface area contributed by atoms with Crippen molar-refractivity contribution in [2.45, 2.75) is 26.7 Å². The number of nitrogens with one attached hydrogen (secondary N) is 3. The lowest BCUT2D eigenvalue weighted by Crippen LogP contribution is -2.61. The third-order valence-electron chi connectivity index (χ3n) is 2.67. The number of hydrogen-bond acceptors (Lipinski definition) is 5. The summed E-state index contributed by atoms with van der Waals surface area (Å²) in [6.45, 7) is 3.50. The number of amides is 4. The summed E-state index contributed by atoms with van der Waals surface area (Å²) in [4.78, 5) is 33.6. The van der Waals surface area contributed by atoms with Gasteiger partial charge in [-0.05, 0) is 25.1 Å². The summed E-state index contributed by atoms with van der Waals surface area (Å²) >= 11 is 4.24. The summed E-state index contributed by atoms with van der Waals surface area (Å²) in [5, 5.41) is 4.30. The molecule has 4 amide bonds. The molecule has 0 atom stereocenters. The van der Waals surface area contributed by atoms with E-state index in [1.165, 1.54) is 0 Å². The van der Waals surface area contributed by atoms with Crippen molar-refractivity contribution in [3.63, 3.8) is 0 Å². The van der Waals surface area contributed by atoms with Gasteiger partial charge in [-0.15, -0.1) is 0 Å². The summed E-state index contributed by atoms with van der Waals surface area (Å²) in [6, 6.07) is -0.729. The van der Waals surface area contributed by atoms with E-state index in [0.717, 1.165) is 0 Å². The fourth-order valence-corrected chi connectivity index (χ4v) is 1.47. The van der Waals surface area contributed by atoms with Crippen molar-refractivity contribution in [1.29, 1.82) is 0 Å². The number of hydrazine groups is 1. The highest BCUT2D eigenvalue weighted by Crippen LogP contribution is 2.28. The van der Waals surface area contributed by atoms with Crippen molar-refractivity contribution < 1.29 is 14.4 Å². The van der Waals surface area contributed by atoms with E-state index in [4.69, 9.17) is 5.73 Å². The summed E-state index contributed by atoms with van der Waals surface area (Å²) in [5.74, 6) is 3.67. The normalized spacial score (nSPS) is 16.9. The van der Waals surface area contributed by atoms with E-state index >= 15 is 0 Å². The van der Waals surface area contributed by atoms with E-state index in [9.17, 15) is 14.4 Å². The van der Waals surface area contributed by atoms with Gasteiger partial charge in [-0.3, -0.25) is 20.2 Å². The Labute approximate surface area is 110 Å². The van der Waals surface area contributed by atoms with Crippen LogP contribution in [0.2, 0.25) is 0 Å². The van der Waals surface area contributed by atoms with Gasteiger partial charge in [0, 0.05) is 0 Å². The topological polar surface area (TPSA) is 139 Å². The molecule has 0 aromatic rings. The molecular weight excluding hydrogens is 258 g/mol. The predicted octanol–water partition coefficient (Wildman–Crippen LogP) is -1.15. The zero-order valence-corrected chi connectivity index (χ0v) is 11.0. The number of rotatable bonds is 2. The molecule has 0 aromatic carbocycles. The van der Waals surface area contributed by atoms with Crippen LogP contribution in [0, 0.1) is 5.41 Å². The molecular formula is C9H17N5O3S. The Balaban J connectivity index is 0.000000494. The van der Waals surface area contributed by atoms with Crippen molar-refractivity contribution in [3.8, 4) is 0 Å². The molecule has 0 unspecified atom stereocenters. The molecule has 0 radical (unpaired) electrons. The zero-order chi connectivity index (χ0) is 14.3. The maximum atomic E-state index is 11.4. The Morgan fingerprint density at radius 3 is 1.78 bits per heavy atom. The number of barbiturate groups is 1. The minimum absolute atomic E-state index is 0.116. The van der Waals surface area contributed by atoms with Crippen LogP contribution in [0.4, 0.5) is 4.79 Å². The number of nitrogens with two attached hydrogens (primary N) is 2. The lowest BCUT2D eigenvalue weighted by Gasteiger charge is -2.31. The highest BCUT2D eigenvalue weighted by molar-refractivity contribution is 7.80. The summed E-state index contributed by atoms with van der Waals surface area (Å²) < 4.78 is 0. The van der Waals surface area contributed by atoms with Crippen LogP contribution in [-0.2, 0) is 9.59 Å². The van der Waals surface area contributed by atoms with Crippen molar-refractivity contribution in [2.75, 3.05) is 0 Å². The second-order valence-electron chi connectivity index (χ2n) is 3.54. The van der Waals surface area contributed by atoms with Gasteiger partial charge in [0.15, 0.2) is 5.11 Å². The lowest BCUT2D eigenvalue weighted by atomic mass is 9.79. The molecule has 1 aliphatic rings. The van der Waals surface area contributed by atoms with Gasteiger partial charge in [0.1, 0.15) is 5.41 Å². The molecule has 1 fully saturated rings. The van der Waals surface area contributed by atoms with Crippen LogP contribution < -0.4 is 27.6 Å². The first-order valence-corrected chi connectivity index (χ1v) is 5.67. The van der Waals surface area contributed by atoms with E-state index in [2.05, 4.69) is 28.7 Å². The lowest BCUT2D eigenvalue weighted by molar-refractivity contribution is -0.144. The monoisotopic (exact) mass is 275 g/mol. The molecule has 1 saturated heterocycles. The maximum Gasteiger partial charge on any atom is 0.328 e. The zero-order valence-electron chi connectivity index (χ0n) is 10.2. The molecule has 0 aromatic heterocycles. The van der Waals surface area contributed by atoms with E-state index in [0.29, 0.717) is 12.8 Å². The molecule has 9 heteroatoms. The van der Waals surface area contributed by atoms with E-state index in [1.807, 2.05) is 5.43 Å². The minimum atomic E-state index is -1.06. The van der Waals surface area contributed by atoms with Gasteiger partial charge < -0.3 is 11.2 Å². The van der Waals surface area contributed by atoms with Gasteiger partial charge in [0.05, 0.1) is 0 Å². The fraction of sp³-hybridized carbons (Fsp3) is 0.556. The number of imide groups is 2. The van der Waals surface area contributed by atoms with Gasteiger partial charge >= 0.3 is 6.03 Å².